The van der Waals surface area contributed by atoms with Gasteiger partial charge in [0.05, 0.1) is 23.1 Å². The lowest BCUT2D eigenvalue weighted by atomic mass is 10.1. The van der Waals surface area contributed by atoms with Crippen LogP contribution in [-0.4, -0.2) is 25.5 Å². The van der Waals surface area contributed by atoms with Crippen molar-refractivity contribution < 1.29 is 17.9 Å². The van der Waals surface area contributed by atoms with Crippen molar-refractivity contribution in [3.05, 3.63) is 65.4 Å². The van der Waals surface area contributed by atoms with Crippen molar-refractivity contribution in [1.82, 2.24) is 3.97 Å². The highest BCUT2D eigenvalue weighted by Gasteiger charge is 2.24. The van der Waals surface area contributed by atoms with E-state index in [2.05, 4.69) is 0 Å². The van der Waals surface area contributed by atoms with E-state index >= 15 is 0 Å². The van der Waals surface area contributed by atoms with Crippen molar-refractivity contribution in [2.45, 2.75) is 18.7 Å². The molecule has 0 atom stereocenters. The van der Waals surface area contributed by atoms with E-state index in [9.17, 15) is 13.2 Å². The van der Waals surface area contributed by atoms with Gasteiger partial charge in [-0.25, -0.2) is 17.2 Å². The highest BCUT2D eigenvalue weighted by molar-refractivity contribution is 7.90. The summed E-state index contributed by atoms with van der Waals surface area (Å²) in [6.45, 7) is 3.77. The number of aryl methyl sites for hydroxylation is 2. The monoisotopic (exact) mass is 343 g/mol. The number of fused-ring (bicyclic) bond motifs is 1. The number of methoxy groups -OCH3 is 1. The molecule has 0 saturated carbocycles. The first-order valence-corrected chi connectivity index (χ1v) is 8.81. The minimum absolute atomic E-state index is 0.169. The molecule has 0 saturated heterocycles. The van der Waals surface area contributed by atoms with Gasteiger partial charge >= 0.3 is 5.97 Å². The number of hydrogen-bond donors (Lipinski definition) is 0. The zero-order valence-corrected chi connectivity index (χ0v) is 14.4. The maximum Gasteiger partial charge on any atom is 0.340 e. The van der Waals surface area contributed by atoms with E-state index in [1.54, 1.807) is 36.4 Å². The molecule has 0 amide bonds. The van der Waals surface area contributed by atoms with E-state index in [0.29, 0.717) is 10.9 Å². The largest absolute Gasteiger partial charge is 0.465 e. The van der Waals surface area contributed by atoms with E-state index in [0.717, 1.165) is 15.1 Å². The Morgan fingerprint density at radius 3 is 2.25 bits per heavy atom. The van der Waals surface area contributed by atoms with Crippen molar-refractivity contribution in [3.8, 4) is 0 Å². The van der Waals surface area contributed by atoms with E-state index in [4.69, 9.17) is 4.74 Å². The summed E-state index contributed by atoms with van der Waals surface area (Å²) >= 11 is 0. The molecule has 6 heteroatoms. The Balaban J connectivity index is 2.30. The normalized spacial score (nSPS) is 11.6. The number of carbonyl (C=O) groups excluding carboxylic acids is 1. The summed E-state index contributed by atoms with van der Waals surface area (Å²) in [6.07, 6.45) is 1.32. The Labute approximate surface area is 140 Å². The number of hydrogen-bond acceptors (Lipinski definition) is 4. The Bertz CT molecular complexity index is 1030. The Morgan fingerprint density at radius 2 is 1.62 bits per heavy atom. The molecule has 5 nitrogen and oxygen atoms in total. The molecular weight excluding hydrogens is 326 g/mol. The average Bonchev–Trinajstić information content (AvgIpc) is 2.94. The van der Waals surface area contributed by atoms with Gasteiger partial charge in [-0.15, -0.1) is 0 Å². The van der Waals surface area contributed by atoms with Crippen LogP contribution < -0.4 is 0 Å². The van der Waals surface area contributed by atoms with Gasteiger partial charge in [0.1, 0.15) is 0 Å². The van der Waals surface area contributed by atoms with Crippen LogP contribution in [0.25, 0.3) is 10.9 Å². The van der Waals surface area contributed by atoms with Crippen LogP contribution in [0.5, 0.6) is 0 Å². The molecule has 3 rings (SSSR count). The van der Waals surface area contributed by atoms with Gasteiger partial charge in [-0.2, -0.15) is 0 Å². The Hall–Kier alpha value is -2.60. The second-order valence-electron chi connectivity index (χ2n) is 5.67. The zero-order chi connectivity index (χ0) is 17.5. The predicted molar refractivity (Wildman–Crippen MR) is 91.8 cm³/mol. The summed E-state index contributed by atoms with van der Waals surface area (Å²) < 4.78 is 31.9. The molecule has 24 heavy (non-hydrogen) atoms. The van der Waals surface area contributed by atoms with Crippen molar-refractivity contribution in [2.24, 2.45) is 0 Å². The number of nitrogens with zero attached hydrogens (tertiary/aromatic N) is 1. The van der Waals surface area contributed by atoms with Crippen LogP contribution in [0.3, 0.4) is 0 Å². The van der Waals surface area contributed by atoms with Gasteiger partial charge in [0, 0.05) is 11.6 Å². The minimum atomic E-state index is -3.81. The minimum Gasteiger partial charge on any atom is -0.465 e. The molecule has 0 aliphatic carbocycles. The van der Waals surface area contributed by atoms with Crippen LogP contribution in [0.15, 0.2) is 53.6 Å². The Kier molecular flexibility index (Phi) is 3.93. The average molecular weight is 343 g/mol. The molecule has 0 aliphatic heterocycles. The van der Waals surface area contributed by atoms with Crippen LogP contribution >= 0.6 is 0 Å². The quantitative estimate of drug-likeness (QED) is 0.685. The lowest BCUT2D eigenvalue weighted by Crippen LogP contribution is -2.12. The summed E-state index contributed by atoms with van der Waals surface area (Å²) in [7, 11) is -2.53. The zero-order valence-electron chi connectivity index (χ0n) is 13.6. The number of rotatable bonds is 3. The molecule has 2 aromatic carbocycles. The third-order valence-electron chi connectivity index (χ3n) is 3.91. The van der Waals surface area contributed by atoms with Gasteiger partial charge in [-0.1, -0.05) is 29.3 Å². The summed E-state index contributed by atoms with van der Waals surface area (Å²) in [5.74, 6) is -0.566. The number of esters is 1. The van der Waals surface area contributed by atoms with Gasteiger partial charge in [0.15, 0.2) is 0 Å². The molecule has 1 aromatic heterocycles. The number of carbonyl (C=O) groups is 1. The fraction of sp³-hybridized carbons (Fsp3) is 0.167. The molecule has 0 radical (unpaired) electrons. The third kappa shape index (κ3) is 2.59. The van der Waals surface area contributed by atoms with Crippen molar-refractivity contribution in [3.63, 3.8) is 0 Å². The Morgan fingerprint density at radius 1 is 1.00 bits per heavy atom. The molecule has 0 unspecified atom stereocenters. The van der Waals surface area contributed by atoms with E-state index in [-0.39, 0.29) is 10.5 Å². The standard InChI is InChI=1S/C18H17NO4S/c1-12-4-7-14(8-5-12)24(21,22)19-11-16(18(20)23-3)15-10-13(2)6-9-17(15)19/h4-11H,1-3H3. The van der Waals surface area contributed by atoms with Gasteiger partial charge in [-0.3, -0.25) is 0 Å². The highest BCUT2D eigenvalue weighted by Crippen LogP contribution is 2.27. The van der Waals surface area contributed by atoms with Gasteiger partial charge in [-0.05, 0) is 38.1 Å². The summed E-state index contributed by atoms with van der Waals surface area (Å²) in [6, 6.07) is 11.9. The molecular formula is C18H17NO4S. The smallest absolute Gasteiger partial charge is 0.340 e. The first-order valence-electron chi connectivity index (χ1n) is 7.37. The van der Waals surface area contributed by atoms with Gasteiger partial charge in [0.25, 0.3) is 10.0 Å². The topological polar surface area (TPSA) is 65.4 Å². The van der Waals surface area contributed by atoms with Crippen molar-refractivity contribution >= 4 is 26.9 Å². The van der Waals surface area contributed by atoms with Crippen molar-refractivity contribution in [1.29, 1.82) is 0 Å². The molecule has 3 aromatic rings. The van der Waals surface area contributed by atoms with Crippen molar-refractivity contribution in [2.75, 3.05) is 7.11 Å². The molecule has 0 spiro atoms. The fourth-order valence-corrected chi connectivity index (χ4v) is 3.98. The highest BCUT2D eigenvalue weighted by atomic mass is 32.2. The second-order valence-corrected chi connectivity index (χ2v) is 7.48. The first-order chi connectivity index (χ1) is 11.3. The summed E-state index contributed by atoms with van der Waals surface area (Å²) in [5.41, 5.74) is 2.57. The lowest BCUT2D eigenvalue weighted by molar-refractivity contribution is 0.0603. The van der Waals surface area contributed by atoms with Gasteiger partial charge < -0.3 is 4.74 Å². The van der Waals surface area contributed by atoms with E-state index in [1.807, 2.05) is 19.9 Å². The molecule has 124 valence electrons. The van der Waals surface area contributed by atoms with Gasteiger partial charge in [0.2, 0.25) is 0 Å². The first kappa shape index (κ1) is 16.3. The summed E-state index contributed by atoms with van der Waals surface area (Å²) in [4.78, 5) is 12.2. The number of ether oxygens (including phenoxy) is 1. The number of aromatic nitrogens is 1. The lowest BCUT2D eigenvalue weighted by Gasteiger charge is -2.08. The van der Waals surface area contributed by atoms with Crippen LogP contribution in [0.2, 0.25) is 0 Å². The van der Waals surface area contributed by atoms with Crippen LogP contribution in [0, 0.1) is 13.8 Å². The predicted octanol–water partition coefficient (Wildman–Crippen LogP) is 3.28. The molecule has 0 bridgehead atoms. The van der Waals surface area contributed by atoms with Crippen LogP contribution in [0.1, 0.15) is 21.5 Å². The molecule has 0 N–H and O–H groups in total. The van der Waals surface area contributed by atoms with Crippen LogP contribution in [-0.2, 0) is 14.8 Å². The molecule has 0 fully saturated rings. The molecule has 1 heterocycles. The fourth-order valence-electron chi connectivity index (χ4n) is 2.61. The maximum atomic E-state index is 13.0. The van der Waals surface area contributed by atoms with Crippen LogP contribution in [0.4, 0.5) is 0 Å². The maximum absolute atomic E-state index is 13.0. The second kappa shape index (κ2) is 5.79. The number of benzene rings is 2. The van der Waals surface area contributed by atoms with E-state index in [1.165, 1.54) is 13.3 Å². The third-order valence-corrected chi connectivity index (χ3v) is 5.60. The summed E-state index contributed by atoms with van der Waals surface area (Å²) in [5, 5.41) is 0.553. The SMILES string of the molecule is COC(=O)c1cn(S(=O)(=O)c2ccc(C)cc2)c2ccc(C)cc12. The molecule has 0 aliphatic rings. The van der Waals surface area contributed by atoms with E-state index < -0.39 is 16.0 Å².